The van der Waals surface area contributed by atoms with Gasteiger partial charge in [0.25, 0.3) is 0 Å². The first-order chi connectivity index (χ1) is 5.95. The molecular weight excluding hydrogens is 178 g/mol. The van der Waals surface area contributed by atoms with E-state index in [4.69, 9.17) is 0 Å². The molecule has 0 aliphatic heterocycles. The van der Waals surface area contributed by atoms with Gasteiger partial charge in [-0.15, -0.1) is 0 Å². The highest BCUT2D eigenvalue weighted by atomic mass is 19.3. The maximum Gasteiger partial charge on any atom is 0.244 e. The summed E-state index contributed by atoms with van der Waals surface area (Å²) in [4.78, 5) is 0. The number of alkyl halides is 2. The minimum absolute atomic E-state index is 0.133. The monoisotopic (exact) mass is 194 g/mol. The predicted octanol–water partition coefficient (Wildman–Crippen LogP) is 1.27. The lowest BCUT2D eigenvalue weighted by Gasteiger charge is -2.19. The van der Waals surface area contributed by atoms with Gasteiger partial charge < -0.3 is 10.2 Å². The summed E-state index contributed by atoms with van der Waals surface area (Å²) in [5, 5.41) is 18.8. The van der Waals surface area contributed by atoms with Crippen molar-refractivity contribution < 1.29 is 19.0 Å². The molecular formula is C9H16F2O2. The van der Waals surface area contributed by atoms with Crippen LogP contribution in [-0.2, 0) is 0 Å². The summed E-state index contributed by atoms with van der Waals surface area (Å²) in [6.07, 6.45) is -4.56. The van der Waals surface area contributed by atoms with Crippen molar-refractivity contribution in [2.75, 3.05) is 0 Å². The second kappa shape index (κ2) is 3.88. The molecule has 4 atom stereocenters. The van der Waals surface area contributed by atoms with Gasteiger partial charge in [0.05, 0.1) is 12.2 Å². The Morgan fingerprint density at radius 2 is 1.54 bits per heavy atom. The number of aliphatic hydroxyl groups excluding tert-OH is 2. The maximum atomic E-state index is 12.3. The van der Waals surface area contributed by atoms with Crippen molar-refractivity contribution in [2.24, 2.45) is 17.8 Å². The lowest BCUT2D eigenvalue weighted by Crippen LogP contribution is -2.31. The molecule has 13 heavy (non-hydrogen) atoms. The van der Waals surface area contributed by atoms with Gasteiger partial charge >= 0.3 is 0 Å². The first-order valence-electron chi connectivity index (χ1n) is 4.59. The summed E-state index contributed by atoms with van der Waals surface area (Å²) < 4.78 is 24.7. The first-order valence-corrected chi connectivity index (χ1v) is 4.59. The van der Waals surface area contributed by atoms with E-state index in [0.717, 1.165) is 0 Å². The van der Waals surface area contributed by atoms with Gasteiger partial charge in [-0.05, 0) is 18.3 Å². The van der Waals surface area contributed by atoms with Crippen LogP contribution in [0.3, 0.4) is 0 Å². The topological polar surface area (TPSA) is 40.5 Å². The van der Waals surface area contributed by atoms with E-state index in [1.54, 1.807) is 0 Å². The number of hydrogen-bond donors (Lipinski definition) is 2. The average Bonchev–Trinajstić information content (AvgIpc) is 2.29. The van der Waals surface area contributed by atoms with Gasteiger partial charge in [0.2, 0.25) is 6.43 Å². The van der Waals surface area contributed by atoms with Crippen molar-refractivity contribution in [3.8, 4) is 0 Å². The third-order valence-corrected chi connectivity index (χ3v) is 2.95. The molecule has 0 saturated heterocycles. The first kappa shape index (κ1) is 10.9. The van der Waals surface area contributed by atoms with Crippen molar-refractivity contribution >= 4 is 0 Å². The quantitative estimate of drug-likeness (QED) is 0.695. The Morgan fingerprint density at radius 3 is 1.77 bits per heavy atom. The van der Waals surface area contributed by atoms with Crippen LogP contribution in [0.5, 0.6) is 0 Å². The Balaban J connectivity index is 2.66. The standard InChI is InChI=1S/C9H16F2O2/c1-4(2)5-3-6(9(10)11)8(13)7(5)12/h4-9,12-13H,3H2,1-2H3/t5-,6-,7-,8+/m0/s1. The third kappa shape index (κ3) is 1.99. The summed E-state index contributed by atoms with van der Waals surface area (Å²) in [6, 6.07) is 0. The van der Waals surface area contributed by atoms with Crippen LogP contribution in [0.15, 0.2) is 0 Å². The highest BCUT2D eigenvalue weighted by Gasteiger charge is 2.46. The highest BCUT2D eigenvalue weighted by Crippen LogP contribution is 2.39. The lowest BCUT2D eigenvalue weighted by molar-refractivity contribution is -0.0400. The minimum Gasteiger partial charge on any atom is -0.390 e. The molecule has 0 heterocycles. The summed E-state index contributed by atoms with van der Waals surface area (Å²) in [5.41, 5.74) is 0. The highest BCUT2D eigenvalue weighted by molar-refractivity contribution is 4.93. The normalized spacial score (nSPS) is 40.6. The second-order valence-corrected chi connectivity index (χ2v) is 4.12. The van der Waals surface area contributed by atoms with E-state index in [9.17, 15) is 19.0 Å². The number of halogens is 2. The van der Waals surface area contributed by atoms with Gasteiger partial charge in [-0.3, -0.25) is 0 Å². The summed E-state index contributed by atoms with van der Waals surface area (Å²) in [6.45, 7) is 3.74. The lowest BCUT2D eigenvalue weighted by atomic mass is 9.92. The SMILES string of the molecule is CC(C)[C@@H]1C[C@H](C(F)F)[C@@H](O)[C@H]1O. The molecule has 0 amide bonds. The van der Waals surface area contributed by atoms with Gasteiger partial charge in [0.1, 0.15) is 0 Å². The Kier molecular flexibility index (Phi) is 3.24. The van der Waals surface area contributed by atoms with Gasteiger partial charge in [-0.1, -0.05) is 13.8 Å². The Hall–Kier alpha value is -0.220. The molecule has 2 nitrogen and oxygen atoms in total. The molecule has 0 spiro atoms. The molecule has 1 saturated carbocycles. The zero-order valence-electron chi connectivity index (χ0n) is 7.82. The zero-order chi connectivity index (χ0) is 10.2. The molecule has 1 fully saturated rings. The molecule has 1 aliphatic rings. The van der Waals surface area contributed by atoms with Crippen LogP contribution >= 0.6 is 0 Å². The van der Waals surface area contributed by atoms with Gasteiger partial charge in [-0.2, -0.15) is 0 Å². The molecule has 0 aromatic carbocycles. The van der Waals surface area contributed by atoms with E-state index < -0.39 is 24.6 Å². The Bertz CT molecular complexity index is 155. The fourth-order valence-electron chi connectivity index (χ4n) is 2.02. The molecule has 0 aromatic heterocycles. The van der Waals surface area contributed by atoms with E-state index in [0.29, 0.717) is 0 Å². The van der Waals surface area contributed by atoms with E-state index in [1.807, 2.05) is 13.8 Å². The van der Waals surface area contributed by atoms with Crippen molar-refractivity contribution in [2.45, 2.75) is 38.9 Å². The minimum atomic E-state index is -2.53. The fraction of sp³-hybridized carbons (Fsp3) is 1.00. The van der Waals surface area contributed by atoms with Gasteiger partial charge in [0.15, 0.2) is 0 Å². The van der Waals surface area contributed by atoms with Crippen LogP contribution < -0.4 is 0 Å². The van der Waals surface area contributed by atoms with E-state index in [-0.39, 0.29) is 18.3 Å². The van der Waals surface area contributed by atoms with Gasteiger partial charge in [0, 0.05) is 5.92 Å². The molecule has 0 radical (unpaired) electrons. The van der Waals surface area contributed by atoms with E-state index in [1.165, 1.54) is 0 Å². The molecule has 0 unspecified atom stereocenters. The molecule has 78 valence electrons. The maximum absolute atomic E-state index is 12.3. The van der Waals surface area contributed by atoms with Crippen LogP contribution in [0.25, 0.3) is 0 Å². The molecule has 1 aliphatic carbocycles. The van der Waals surface area contributed by atoms with Gasteiger partial charge in [-0.25, -0.2) is 8.78 Å². The van der Waals surface area contributed by atoms with Crippen molar-refractivity contribution in [1.82, 2.24) is 0 Å². The average molecular weight is 194 g/mol. The number of rotatable bonds is 2. The summed E-state index contributed by atoms with van der Waals surface area (Å²) >= 11 is 0. The van der Waals surface area contributed by atoms with E-state index in [2.05, 4.69) is 0 Å². The second-order valence-electron chi connectivity index (χ2n) is 4.12. The number of hydrogen-bond acceptors (Lipinski definition) is 2. The molecule has 0 aromatic rings. The van der Waals surface area contributed by atoms with Crippen LogP contribution in [0, 0.1) is 17.8 Å². The zero-order valence-corrected chi connectivity index (χ0v) is 7.82. The van der Waals surface area contributed by atoms with Crippen molar-refractivity contribution in [3.63, 3.8) is 0 Å². The van der Waals surface area contributed by atoms with Crippen LogP contribution in [0.2, 0.25) is 0 Å². The third-order valence-electron chi connectivity index (χ3n) is 2.95. The van der Waals surface area contributed by atoms with Crippen LogP contribution in [0.4, 0.5) is 8.78 Å². The fourth-order valence-corrected chi connectivity index (χ4v) is 2.02. The molecule has 2 N–H and O–H groups in total. The largest absolute Gasteiger partial charge is 0.390 e. The summed E-state index contributed by atoms with van der Waals surface area (Å²) in [5.74, 6) is -1.12. The van der Waals surface area contributed by atoms with Crippen molar-refractivity contribution in [1.29, 1.82) is 0 Å². The summed E-state index contributed by atoms with van der Waals surface area (Å²) in [7, 11) is 0. The van der Waals surface area contributed by atoms with Crippen LogP contribution in [-0.4, -0.2) is 28.8 Å². The van der Waals surface area contributed by atoms with Crippen molar-refractivity contribution in [3.05, 3.63) is 0 Å². The molecule has 0 bridgehead atoms. The van der Waals surface area contributed by atoms with E-state index >= 15 is 0 Å². The predicted molar refractivity (Wildman–Crippen MR) is 44.5 cm³/mol. The Morgan fingerprint density at radius 1 is 1.08 bits per heavy atom. The molecule has 4 heteroatoms. The van der Waals surface area contributed by atoms with Crippen LogP contribution in [0.1, 0.15) is 20.3 Å². The smallest absolute Gasteiger partial charge is 0.244 e. The Labute approximate surface area is 76.6 Å². The number of aliphatic hydroxyl groups is 2. The molecule has 1 rings (SSSR count).